The third kappa shape index (κ3) is 2.26. The fourth-order valence-electron chi connectivity index (χ4n) is 6.27. The van der Waals surface area contributed by atoms with Gasteiger partial charge in [0, 0.05) is 16.6 Å². The molecule has 1 aromatic heterocycles. The first-order chi connectivity index (χ1) is 14.1. The van der Waals surface area contributed by atoms with Gasteiger partial charge in [0.1, 0.15) is 0 Å². The molecule has 2 aliphatic carbocycles. The van der Waals surface area contributed by atoms with E-state index in [4.69, 9.17) is 0 Å². The van der Waals surface area contributed by atoms with E-state index >= 15 is 0 Å². The molecule has 2 aromatic carbocycles. The van der Waals surface area contributed by atoms with E-state index in [0.717, 1.165) is 24.1 Å². The number of H-pyrrole nitrogens is 1. The van der Waals surface area contributed by atoms with Crippen molar-refractivity contribution < 1.29 is 9.59 Å². The SMILES string of the molecule is C[C@H]1CC[C@H]2c3c([nH]c4ccccc34)[C@H]3C(=O)N(c4ccccc4)C(=O)[C@@H]3[C@@H]2C1. The van der Waals surface area contributed by atoms with Gasteiger partial charge in [-0.1, -0.05) is 49.7 Å². The number of aromatic amines is 1. The number of carbonyl (C=O) groups is 2. The van der Waals surface area contributed by atoms with Gasteiger partial charge in [-0.2, -0.15) is 0 Å². The number of rotatable bonds is 1. The lowest BCUT2D eigenvalue weighted by Gasteiger charge is -2.43. The number of nitrogens with zero attached hydrogens (tertiary/aromatic N) is 1. The summed E-state index contributed by atoms with van der Waals surface area (Å²) in [6, 6.07) is 17.8. The van der Waals surface area contributed by atoms with Gasteiger partial charge in [-0.3, -0.25) is 9.59 Å². The summed E-state index contributed by atoms with van der Waals surface area (Å²) in [5.41, 5.74) is 4.06. The number of aromatic nitrogens is 1. The fraction of sp³-hybridized carbons (Fsp3) is 0.360. The number of benzene rings is 2. The minimum Gasteiger partial charge on any atom is -0.357 e. The molecule has 29 heavy (non-hydrogen) atoms. The minimum atomic E-state index is -0.392. The van der Waals surface area contributed by atoms with E-state index in [2.05, 4.69) is 30.1 Å². The summed E-state index contributed by atoms with van der Waals surface area (Å²) in [5.74, 6) is 0.451. The van der Waals surface area contributed by atoms with Crippen molar-refractivity contribution in [2.24, 2.45) is 17.8 Å². The number of imide groups is 1. The lowest BCUT2D eigenvalue weighted by atomic mass is 9.59. The van der Waals surface area contributed by atoms with Gasteiger partial charge in [0.15, 0.2) is 0 Å². The Kier molecular flexibility index (Phi) is 3.55. The maximum Gasteiger partial charge on any atom is 0.243 e. The molecule has 4 nitrogen and oxygen atoms in total. The van der Waals surface area contributed by atoms with Crippen molar-refractivity contribution in [3.8, 4) is 0 Å². The summed E-state index contributed by atoms with van der Waals surface area (Å²) in [7, 11) is 0. The molecule has 4 heteroatoms. The Bertz CT molecular complexity index is 1130. The molecule has 1 N–H and O–H groups in total. The molecule has 2 heterocycles. The first-order valence-electron chi connectivity index (χ1n) is 10.7. The molecule has 1 aliphatic heterocycles. The van der Waals surface area contributed by atoms with E-state index in [1.165, 1.54) is 22.3 Å². The van der Waals surface area contributed by atoms with Crippen LogP contribution in [0.4, 0.5) is 5.69 Å². The number of carbonyl (C=O) groups excluding carboxylic acids is 2. The minimum absolute atomic E-state index is 0.0143. The van der Waals surface area contributed by atoms with Crippen LogP contribution in [0.1, 0.15) is 49.3 Å². The van der Waals surface area contributed by atoms with Gasteiger partial charge < -0.3 is 4.98 Å². The average molecular weight is 384 g/mol. The first-order valence-corrected chi connectivity index (χ1v) is 10.7. The van der Waals surface area contributed by atoms with Crippen molar-refractivity contribution in [2.75, 3.05) is 4.90 Å². The number of para-hydroxylation sites is 2. The normalized spacial score (nSPS) is 30.9. The maximum absolute atomic E-state index is 13.6. The topological polar surface area (TPSA) is 53.2 Å². The predicted molar refractivity (Wildman–Crippen MR) is 113 cm³/mol. The molecule has 3 aliphatic rings. The lowest BCUT2D eigenvalue weighted by molar-refractivity contribution is -0.123. The van der Waals surface area contributed by atoms with Crippen LogP contribution in [0.5, 0.6) is 0 Å². The van der Waals surface area contributed by atoms with Crippen LogP contribution in [0.2, 0.25) is 0 Å². The van der Waals surface area contributed by atoms with Gasteiger partial charge in [-0.25, -0.2) is 4.90 Å². The molecule has 2 fully saturated rings. The van der Waals surface area contributed by atoms with Crippen LogP contribution in [-0.2, 0) is 9.59 Å². The quantitative estimate of drug-likeness (QED) is 0.602. The Morgan fingerprint density at radius 3 is 2.52 bits per heavy atom. The van der Waals surface area contributed by atoms with Crippen molar-refractivity contribution in [3.63, 3.8) is 0 Å². The second kappa shape index (κ2) is 6.06. The Balaban J connectivity index is 1.57. The van der Waals surface area contributed by atoms with Gasteiger partial charge in [-0.15, -0.1) is 0 Å². The van der Waals surface area contributed by atoms with Crippen molar-refractivity contribution in [2.45, 2.75) is 38.0 Å². The highest BCUT2D eigenvalue weighted by atomic mass is 16.2. The Hall–Kier alpha value is -2.88. The molecule has 6 rings (SSSR count). The predicted octanol–water partition coefficient (Wildman–Crippen LogP) is 4.97. The monoisotopic (exact) mass is 384 g/mol. The molecule has 2 amide bonds. The Morgan fingerprint density at radius 1 is 0.931 bits per heavy atom. The third-order valence-corrected chi connectivity index (χ3v) is 7.45. The summed E-state index contributed by atoms with van der Waals surface area (Å²) in [4.78, 5) is 32.3. The first kappa shape index (κ1) is 17.0. The number of hydrogen-bond acceptors (Lipinski definition) is 2. The zero-order valence-electron chi connectivity index (χ0n) is 16.5. The smallest absolute Gasteiger partial charge is 0.243 e. The third-order valence-electron chi connectivity index (χ3n) is 7.45. The standard InChI is InChI=1S/C25H24N2O2/c1-14-11-12-16-18(13-14)21-22(23-20(16)17-9-5-6-10-19(17)26-23)25(29)27(24(21)28)15-7-3-2-4-8-15/h2-10,14,16,18,21-22,26H,11-13H2,1H3/t14-,16+,18+,21+,22-/m0/s1. The summed E-state index contributed by atoms with van der Waals surface area (Å²) >= 11 is 0. The van der Waals surface area contributed by atoms with Gasteiger partial charge in [0.25, 0.3) is 0 Å². The zero-order chi connectivity index (χ0) is 19.7. The number of amides is 2. The lowest BCUT2D eigenvalue weighted by Crippen LogP contribution is -2.39. The summed E-state index contributed by atoms with van der Waals surface area (Å²) in [5, 5.41) is 1.23. The van der Waals surface area contributed by atoms with E-state index in [1.54, 1.807) is 0 Å². The molecule has 3 aromatic rings. The fourth-order valence-corrected chi connectivity index (χ4v) is 6.27. The summed E-state index contributed by atoms with van der Waals surface area (Å²) in [6.07, 6.45) is 3.30. The van der Waals surface area contributed by atoms with Gasteiger partial charge in [-0.05, 0) is 54.4 Å². The van der Waals surface area contributed by atoms with Gasteiger partial charge in [0.2, 0.25) is 11.8 Å². The second-order valence-electron chi connectivity index (χ2n) is 9.04. The molecule has 1 saturated carbocycles. The van der Waals surface area contributed by atoms with Crippen LogP contribution in [0, 0.1) is 17.8 Å². The summed E-state index contributed by atoms with van der Waals surface area (Å²) in [6.45, 7) is 2.28. The molecular formula is C25H24N2O2. The zero-order valence-corrected chi connectivity index (χ0v) is 16.5. The molecule has 0 bridgehead atoms. The molecule has 1 saturated heterocycles. The molecule has 0 radical (unpaired) electrons. The highest BCUT2D eigenvalue weighted by Gasteiger charge is 2.58. The van der Waals surface area contributed by atoms with Crippen molar-refractivity contribution >= 4 is 28.4 Å². The van der Waals surface area contributed by atoms with Crippen LogP contribution >= 0.6 is 0 Å². The molecule has 146 valence electrons. The van der Waals surface area contributed by atoms with Gasteiger partial charge in [0.05, 0.1) is 17.5 Å². The Labute approximate surface area is 169 Å². The number of hydrogen-bond donors (Lipinski definition) is 1. The van der Waals surface area contributed by atoms with Crippen LogP contribution < -0.4 is 4.90 Å². The van der Waals surface area contributed by atoms with E-state index in [9.17, 15) is 9.59 Å². The van der Waals surface area contributed by atoms with E-state index in [1.807, 2.05) is 36.4 Å². The molecule has 0 unspecified atom stereocenters. The number of anilines is 1. The van der Waals surface area contributed by atoms with Crippen LogP contribution in [0.15, 0.2) is 54.6 Å². The maximum atomic E-state index is 13.6. The number of fused-ring (bicyclic) bond motifs is 8. The van der Waals surface area contributed by atoms with E-state index < -0.39 is 5.92 Å². The highest BCUT2D eigenvalue weighted by Crippen LogP contribution is 2.58. The van der Waals surface area contributed by atoms with Crippen LogP contribution in [0.25, 0.3) is 10.9 Å². The molecular weight excluding hydrogens is 360 g/mol. The van der Waals surface area contributed by atoms with E-state index in [0.29, 0.717) is 17.5 Å². The highest BCUT2D eigenvalue weighted by molar-refractivity contribution is 6.24. The van der Waals surface area contributed by atoms with Crippen LogP contribution in [-0.4, -0.2) is 16.8 Å². The van der Waals surface area contributed by atoms with Crippen molar-refractivity contribution in [3.05, 3.63) is 65.9 Å². The summed E-state index contributed by atoms with van der Waals surface area (Å²) < 4.78 is 0. The largest absolute Gasteiger partial charge is 0.357 e. The van der Waals surface area contributed by atoms with Crippen LogP contribution in [0.3, 0.4) is 0 Å². The van der Waals surface area contributed by atoms with Crippen molar-refractivity contribution in [1.82, 2.24) is 4.98 Å². The molecule has 5 atom stereocenters. The number of nitrogens with one attached hydrogen (secondary N) is 1. The van der Waals surface area contributed by atoms with Gasteiger partial charge >= 0.3 is 0 Å². The second-order valence-corrected chi connectivity index (χ2v) is 9.04. The van der Waals surface area contributed by atoms with E-state index in [-0.39, 0.29) is 23.7 Å². The van der Waals surface area contributed by atoms with Crippen molar-refractivity contribution in [1.29, 1.82) is 0 Å². The average Bonchev–Trinajstić information content (AvgIpc) is 3.24. The molecule has 0 spiro atoms. The Morgan fingerprint density at radius 2 is 1.69 bits per heavy atom.